The predicted molar refractivity (Wildman–Crippen MR) is 106 cm³/mol. The lowest BCUT2D eigenvalue weighted by Crippen LogP contribution is -2.35. The van der Waals surface area contributed by atoms with Gasteiger partial charge in [-0.1, -0.05) is 11.6 Å². The molecule has 2 aromatic heterocycles. The van der Waals surface area contributed by atoms with Gasteiger partial charge in [0.2, 0.25) is 0 Å². The van der Waals surface area contributed by atoms with Crippen LogP contribution in [0.1, 0.15) is 16.8 Å². The molecule has 0 amide bonds. The smallest absolute Gasteiger partial charge is 0.254 e. The minimum Gasteiger partial charge on any atom is -0.503 e. The molecule has 0 saturated carbocycles. The van der Waals surface area contributed by atoms with Gasteiger partial charge < -0.3 is 14.8 Å². The lowest BCUT2D eigenvalue weighted by Gasteiger charge is -2.28. The molecule has 0 bridgehead atoms. The van der Waals surface area contributed by atoms with Crippen molar-refractivity contribution in [2.45, 2.75) is 19.5 Å². The highest BCUT2D eigenvalue weighted by molar-refractivity contribution is 6.32. The molecule has 1 aliphatic heterocycles. The number of rotatable bonds is 4. The number of pyridine rings is 1. The van der Waals surface area contributed by atoms with Crippen molar-refractivity contribution < 1.29 is 9.84 Å². The molecule has 144 valence electrons. The fourth-order valence-electron chi connectivity index (χ4n) is 3.40. The van der Waals surface area contributed by atoms with E-state index in [1.807, 2.05) is 12.1 Å². The Bertz CT molecular complexity index is 1070. The molecule has 0 spiro atoms. The average molecular weight is 399 g/mol. The van der Waals surface area contributed by atoms with Crippen molar-refractivity contribution >= 4 is 11.6 Å². The zero-order chi connectivity index (χ0) is 19.7. The molecule has 0 unspecified atom stereocenters. The summed E-state index contributed by atoms with van der Waals surface area (Å²) in [6.07, 6.45) is 3.97. The number of nitrogens with one attached hydrogen (secondary N) is 1. The van der Waals surface area contributed by atoms with E-state index in [1.54, 1.807) is 24.5 Å². The van der Waals surface area contributed by atoms with E-state index in [2.05, 4.69) is 19.9 Å². The number of hydrogen-bond donors (Lipinski definition) is 2. The van der Waals surface area contributed by atoms with Gasteiger partial charge in [-0.05, 0) is 36.2 Å². The molecule has 2 N–H and O–H groups in total. The van der Waals surface area contributed by atoms with Gasteiger partial charge in [-0.25, -0.2) is 4.98 Å². The van der Waals surface area contributed by atoms with Gasteiger partial charge in [0.1, 0.15) is 5.82 Å². The van der Waals surface area contributed by atoms with Gasteiger partial charge in [0, 0.05) is 43.2 Å². The Morgan fingerprint density at radius 3 is 3.00 bits per heavy atom. The van der Waals surface area contributed by atoms with E-state index in [4.69, 9.17) is 16.3 Å². The Morgan fingerprint density at radius 2 is 2.25 bits per heavy atom. The molecule has 0 atom stereocenters. The Hall–Kier alpha value is -2.90. The van der Waals surface area contributed by atoms with Crippen LogP contribution in [0.3, 0.4) is 0 Å². The zero-order valence-electron chi connectivity index (χ0n) is 15.3. The first-order valence-corrected chi connectivity index (χ1v) is 9.23. The quantitative estimate of drug-likeness (QED) is 0.702. The molecule has 1 aromatic carbocycles. The summed E-state index contributed by atoms with van der Waals surface area (Å²) in [6.45, 7) is 1.88. The third kappa shape index (κ3) is 3.58. The highest BCUT2D eigenvalue weighted by atomic mass is 35.5. The number of benzene rings is 1. The van der Waals surface area contributed by atoms with Gasteiger partial charge in [0.25, 0.3) is 5.56 Å². The first-order valence-electron chi connectivity index (χ1n) is 8.85. The van der Waals surface area contributed by atoms with Crippen LogP contribution in [0.5, 0.6) is 11.5 Å². The van der Waals surface area contributed by atoms with Crippen molar-refractivity contribution in [3.63, 3.8) is 0 Å². The summed E-state index contributed by atoms with van der Waals surface area (Å²) in [5.41, 5.74) is 3.09. The Kier molecular flexibility index (Phi) is 5.02. The topological polar surface area (TPSA) is 91.3 Å². The normalized spacial score (nSPS) is 13.9. The largest absolute Gasteiger partial charge is 0.503 e. The van der Waals surface area contributed by atoms with E-state index in [0.717, 1.165) is 28.9 Å². The van der Waals surface area contributed by atoms with Crippen LogP contribution in [0.15, 0.2) is 41.5 Å². The number of ether oxygens (including phenoxy) is 1. The van der Waals surface area contributed by atoms with Crippen molar-refractivity contribution in [3.8, 4) is 22.9 Å². The number of aromatic hydroxyl groups is 1. The second kappa shape index (κ2) is 7.61. The number of halogens is 1. The van der Waals surface area contributed by atoms with Crippen LogP contribution in [0.2, 0.25) is 5.02 Å². The van der Waals surface area contributed by atoms with Crippen molar-refractivity contribution in [2.24, 2.45) is 0 Å². The summed E-state index contributed by atoms with van der Waals surface area (Å²) in [5.74, 6) is 0.799. The number of phenols is 1. The second-order valence-electron chi connectivity index (χ2n) is 6.67. The van der Waals surface area contributed by atoms with Crippen LogP contribution in [0, 0.1) is 0 Å². The summed E-state index contributed by atoms with van der Waals surface area (Å²) in [6, 6.07) is 7.16. The maximum Gasteiger partial charge on any atom is 0.254 e. The van der Waals surface area contributed by atoms with Crippen LogP contribution in [-0.2, 0) is 19.5 Å². The SMILES string of the molecule is COc1cc(CN2CCc3c(nc(-c4cccnc4)[nH]c3=O)C2)cc(Cl)c1O. The van der Waals surface area contributed by atoms with Crippen LogP contribution in [-0.4, -0.2) is 38.6 Å². The van der Waals surface area contributed by atoms with Crippen LogP contribution in [0.25, 0.3) is 11.4 Å². The highest BCUT2D eigenvalue weighted by Crippen LogP contribution is 2.35. The van der Waals surface area contributed by atoms with Crippen molar-refractivity contribution in [1.82, 2.24) is 19.9 Å². The fraction of sp³-hybridized carbons (Fsp3) is 0.250. The standard InChI is InChI=1S/C20H19ClN4O3/c1-28-17-8-12(7-15(21)18(17)26)10-25-6-4-14-16(11-25)23-19(24-20(14)27)13-3-2-5-22-9-13/h2-3,5,7-9,26H,4,6,10-11H2,1H3,(H,23,24,27). The molecule has 0 fully saturated rings. The van der Waals surface area contributed by atoms with Gasteiger partial charge in [-0.3, -0.25) is 14.7 Å². The molecular formula is C20H19ClN4O3. The van der Waals surface area contributed by atoms with E-state index in [0.29, 0.717) is 31.1 Å². The monoisotopic (exact) mass is 398 g/mol. The molecule has 4 rings (SSSR count). The fourth-order valence-corrected chi connectivity index (χ4v) is 3.63. The van der Waals surface area contributed by atoms with E-state index in [1.165, 1.54) is 7.11 Å². The highest BCUT2D eigenvalue weighted by Gasteiger charge is 2.22. The van der Waals surface area contributed by atoms with Crippen molar-refractivity contribution in [2.75, 3.05) is 13.7 Å². The van der Waals surface area contributed by atoms with E-state index >= 15 is 0 Å². The third-order valence-corrected chi connectivity index (χ3v) is 5.09. The predicted octanol–water partition coefficient (Wildman–Crippen LogP) is 2.76. The molecule has 1 aliphatic rings. The zero-order valence-corrected chi connectivity index (χ0v) is 16.0. The maximum atomic E-state index is 12.5. The number of aromatic amines is 1. The van der Waals surface area contributed by atoms with Crippen LogP contribution < -0.4 is 10.3 Å². The Balaban J connectivity index is 1.60. The summed E-state index contributed by atoms with van der Waals surface area (Å²) in [5, 5.41) is 10.2. The van der Waals surface area contributed by atoms with Crippen LogP contribution >= 0.6 is 11.6 Å². The molecule has 28 heavy (non-hydrogen) atoms. The summed E-state index contributed by atoms with van der Waals surface area (Å²) >= 11 is 6.09. The van der Waals surface area contributed by atoms with E-state index in [-0.39, 0.29) is 16.3 Å². The lowest BCUT2D eigenvalue weighted by atomic mass is 10.0. The third-order valence-electron chi connectivity index (χ3n) is 4.80. The maximum absolute atomic E-state index is 12.5. The molecule has 7 nitrogen and oxygen atoms in total. The Labute approximate surface area is 166 Å². The molecule has 0 radical (unpaired) electrons. The molecule has 0 aliphatic carbocycles. The van der Waals surface area contributed by atoms with Gasteiger partial charge in [0.05, 0.1) is 17.8 Å². The number of hydrogen-bond acceptors (Lipinski definition) is 6. The van der Waals surface area contributed by atoms with Gasteiger partial charge in [0.15, 0.2) is 11.5 Å². The number of H-pyrrole nitrogens is 1. The second-order valence-corrected chi connectivity index (χ2v) is 7.08. The summed E-state index contributed by atoms with van der Waals surface area (Å²) < 4.78 is 5.18. The van der Waals surface area contributed by atoms with Crippen LogP contribution in [0.4, 0.5) is 0 Å². The number of aromatic nitrogens is 3. The average Bonchev–Trinajstić information content (AvgIpc) is 2.71. The van der Waals surface area contributed by atoms with Gasteiger partial charge >= 0.3 is 0 Å². The minimum atomic E-state index is -0.0992. The minimum absolute atomic E-state index is 0.0637. The number of methoxy groups -OCH3 is 1. The molecular weight excluding hydrogens is 380 g/mol. The first-order chi connectivity index (χ1) is 13.5. The molecule has 8 heteroatoms. The number of phenolic OH excluding ortho intramolecular Hbond substituents is 1. The van der Waals surface area contributed by atoms with Crippen molar-refractivity contribution in [3.05, 3.63) is 68.9 Å². The summed E-state index contributed by atoms with van der Waals surface area (Å²) in [4.78, 5) is 26.3. The summed E-state index contributed by atoms with van der Waals surface area (Å²) in [7, 11) is 1.49. The van der Waals surface area contributed by atoms with Gasteiger partial charge in [-0.15, -0.1) is 0 Å². The van der Waals surface area contributed by atoms with Crippen molar-refractivity contribution in [1.29, 1.82) is 0 Å². The number of fused-ring (bicyclic) bond motifs is 1. The van der Waals surface area contributed by atoms with E-state index < -0.39 is 0 Å². The Morgan fingerprint density at radius 1 is 1.39 bits per heavy atom. The molecule has 0 saturated heterocycles. The molecule has 3 aromatic rings. The van der Waals surface area contributed by atoms with Gasteiger partial charge in [-0.2, -0.15) is 0 Å². The molecule has 3 heterocycles. The number of nitrogens with zero attached hydrogens (tertiary/aromatic N) is 3. The lowest BCUT2D eigenvalue weighted by molar-refractivity contribution is 0.240. The van der Waals surface area contributed by atoms with E-state index in [9.17, 15) is 9.90 Å². The first kappa shape index (κ1) is 18.5.